The van der Waals surface area contributed by atoms with Gasteiger partial charge in [0, 0.05) is 24.7 Å². The first-order valence-corrected chi connectivity index (χ1v) is 8.53. The maximum atomic E-state index is 3.69. The molecule has 2 heterocycles. The van der Waals surface area contributed by atoms with Crippen molar-refractivity contribution >= 4 is 11.8 Å². The molecule has 0 saturated carbocycles. The van der Waals surface area contributed by atoms with E-state index < -0.39 is 0 Å². The van der Waals surface area contributed by atoms with Crippen LogP contribution >= 0.6 is 11.8 Å². The van der Waals surface area contributed by atoms with Crippen LogP contribution in [0.4, 0.5) is 0 Å². The van der Waals surface area contributed by atoms with E-state index in [1.54, 1.807) is 0 Å². The number of piperidine rings is 1. The standard InChI is InChI=1S/C14H28N2S/c1-3-7-15-13-4-8-16(12(2)11-13)14-5-9-17-10-6-14/h12-15H,3-11H2,1-2H3. The van der Waals surface area contributed by atoms with Crippen molar-refractivity contribution in [1.29, 1.82) is 0 Å². The molecule has 2 aliphatic rings. The fourth-order valence-electron chi connectivity index (χ4n) is 3.28. The Hall–Kier alpha value is 0.270. The van der Waals surface area contributed by atoms with Gasteiger partial charge in [0.1, 0.15) is 0 Å². The molecule has 100 valence electrons. The lowest BCUT2D eigenvalue weighted by atomic mass is 9.94. The fraction of sp³-hybridized carbons (Fsp3) is 1.00. The van der Waals surface area contributed by atoms with Crippen LogP contribution in [0.3, 0.4) is 0 Å². The SMILES string of the molecule is CCCNC1CCN(C2CCSCC2)C(C)C1. The molecule has 0 radical (unpaired) electrons. The van der Waals surface area contributed by atoms with Crippen molar-refractivity contribution in [3.8, 4) is 0 Å². The van der Waals surface area contributed by atoms with Crippen molar-refractivity contribution in [2.75, 3.05) is 24.6 Å². The molecule has 1 N–H and O–H groups in total. The van der Waals surface area contributed by atoms with E-state index in [9.17, 15) is 0 Å². The average Bonchev–Trinajstić information content (AvgIpc) is 2.37. The first-order chi connectivity index (χ1) is 8.31. The molecule has 2 unspecified atom stereocenters. The summed E-state index contributed by atoms with van der Waals surface area (Å²) in [6.07, 6.45) is 6.80. The van der Waals surface area contributed by atoms with Crippen molar-refractivity contribution < 1.29 is 0 Å². The zero-order chi connectivity index (χ0) is 12.1. The minimum absolute atomic E-state index is 0.777. The third kappa shape index (κ3) is 3.87. The summed E-state index contributed by atoms with van der Waals surface area (Å²) in [5.41, 5.74) is 0. The quantitative estimate of drug-likeness (QED) is 0.832. The van der Waals surface area contributed by atoms with E-state index in [1.165, 1.54) is 56.7 Å². The van der Waals surface area contributed by atoms with Crippen LogP contribution < -0.4 is 5.32 Å². The van der Waals surface area contributed by atoms with Crippen molar-refractivity contribution in [1.82, 2.24) is 10.2 Å². The maximum absolute atomic E-state index is 3.69. The lowest BCUT2D eigenvalue weighted by Gasteiger charge is -2.44. The highest BCUT2D eigenvalue weighted by Gasteiger charge is 2.30. The van der Waals surface area contributed by atoms with Crippen LogP contribution in [-0.4, -0.2) is 47.6 Å². The molecule has 0 aromatic heterocycles. The molecular formula is C14H28N2S. The Bertz CT molecular complexity index is 216. The van der Waals surface area contributed by atoms with Crippen LogP contribution in [0.1, 0.15) is 46.0 Å². The molecule has 2 atom stereocenters. The van der Waals surface area contributed by atoms with Gasteiger partial charge in [-0.2, -0.15) is 11.8 Å². The third-order valence-corrected chi connectivity index (χ3v) is 5.32. The van der Waals surface area contributed by atoms with Gasteiger partial charge in [-0.1, -0.05) is 6.92 Å². The molecule has 2 fully saturated rings. The second-order valence-electron chi connectivity index (χ2n) is 5.61. The molecule has 0 bridgehead atoms. The highest BCUT2D eigenvalue weighted by molar-refractivity contribution is 7.99. The van der Waals surface area contributed by atoms with Gasteiger partial charge in [-0.05, 0) is 57.1 Å². The molecule has 2 aliphatic heterocycles. The number of hydrogen-bond donors (Lipinski definition) is 1. The summed E-state index contributed by atoms with van der Waals surface area (Å²) in [6, 6.07) is 2.45. The summed E-state index contributed by atoms with van der Waals surface area (Å²) < 4.78 is 0. The lowest BCUT2D eigenvalue weighted by molar-refractivity contribution is 0.0830. The van der Waals surface area contributed by atoms with Crippen molar-refractivity contribution in [2.45, 2.75) is 64.1 Å². The molecule has 0 spiro atoms. The van der Waals surface area contributed by atoms with E-state index in [-0.39, 0.29) is 0 Å². The maximum Gasteiger partial charge on any atom is 0.0114 e. The zero-order valence-corrected chi connectivity index (χ0v) is 12.3. The molecule has 3 heteroatoms. The largest absolute Gasteiger partial charge is 0.314 e. The predicted molar refractivity (Wildman–Crippen MR) is 77.8 cm³/mol. The minimum atomic E-state index is 0.777. The number of nitrogens with zero attached hydrogens (tertiary/aromatic N) is 1. The van der Waals surface area contributed by atoms with Gasteiger partial charge in [0.05, 0.1) is 0 Å². The number of rotatable bonds is 4. The van der Waals surface area contributed by atoms with E-state index in [4.69, 9.17) is 0 Å². The first kappa shape index (κ1) is 13.7. The number of thioether (sulfide) groups is 1. The van der Waals surface area contributed by atoms with Gasteiger partial charge < -0.3 is 5.32 Å². The van der Waals surface area contributed by atoms with E-state index in [0.717, 1.165) is 18.1 Å². The molecule has 0 aromatic rings. The van der Waals surface area contributed by atoms with E-state index >= 15 is 0 Å². The predicted octanol–water partition coefficient (Wildman–Crippen LogP) is 2.73. The van der Waals surface area contributed by atoms with Gasteiger partial charge in [-0.15, -0.1) is 0 Å². The fourth-order valence-corrected chi connectivity index (χ4v) is 4.37. The van der Waals surface area contributed by atoms with Crippen LogP contribution in [-0.2, 0) is 0 Å². The summed E-state index contributed by atoms with van der Waals surface area (Å²) in [5, 5.41) is 3.69. The highest BCUT2D eigenvalue weighted by atomic mass is 32.2. The van der Waals surface area contributed by atoms with Crippen LogP contribution in [0.2, 0.25) is 0 Å². The number of nitrogens with one attached hydrogen (secondary N) is 1. The Morgan fingerprint density at radius 2 is 2.00 bits per heavy atom. The number of hydrogen-bond acceptors (Lipinski definition) is 3. The first-order valence-electron chi connectivity index (χ1n) is 7.38. The van der Waals surface area contributed by atoms with Gasteiger partial charge in [0.25, 0.3) is 0 Å². The van der Waals surface area contributed by atoms with Gasteiger partial charge >= 0.3 is 0 Å². The van der Waals surface area contributed by atoms with Gasteiger partial charge in [0.2, 0.25) is 0 Å². The number of likely N-dealkylation sites (tertiary alicyclic amines) is 1. The summed E-state index contributed by atoms with van der Waals surface area (Å²) in [5.74, 6) is 2.76. The summed E-state index contributed by atoms with van der Waals surface area (Å²) in [6.45, 7) is 7.20. The molecule has 0 aliphatic carbocycles. The Kier molecular flexibility index (Phi) is 5.64. The zero-order valence-electron chi connectivity index (χ0n) is 11.5. The van der Waals surface area contributed by atoms with Crippen LogP contribution in [0.25, 0.3) is 0 Å². The molecular weight excluding hydrogens is 228 g/mol. The van der Waals surface area contributed by atoms with E-state index in [0.29, 0.717) is 0 Å². The molecule has 0 aromatic carbocycles. The van der Waals surface area contributed by atoms with Crippen LogP contribution in [0, 0.1) is 0 Å². The topological polar surface area (TPSA) is 15.3 Å². The Morgan fingerprint density at radius 1 is 1.24 bits per heavy atom. The van der Waals surface area contributed by atoms with Gasteiger partial charge in [0.15, 0.2) is 0 Å². The summed E-state index contributed by atoms with van der Waals surface area (Å²) in [7, 11) is 0. The third-order valence-electron chi connectivity index (χ3n) is 4.27. The molecule has 2 rings (SSSR count). The molecule has 17 heavy (non-hydrogen) atoms. The summed E-state index contributed by atoms with van der Waals surface area (Å²) in [4.78, 5) is 2.80. The van der Waals surface area contributed by atoms with Crippen LogP contribution in [0.15, 0.2) is 0 Å². The second-order valence-corrected chi connectivity index (χ2v) is 6.83. The van der Waals surface area contributed by atoms with Crippen molar-refractivity contribution in [3.05, 3.63) is 0 Å². The van der Waals surface area contributed by atoms with E-state index in [1.807, 2.05) is 0 Å². The second kappa shape index (κ2) is 7.01. The van der Waals surface area contributed by atoms with Crippen molar-refractivity contribution in [3.63, 3.8) is 0 Å². The summed E-state index contributed by atoms with van der Waals surface area (Å²) >= 11 is 2.14. The highest BCUT2D eigenvalue weighted by Crippen LogP contribution is 2.27. The lowest BCUT2D eigenvalue weighted by Crippen LogP contribution is -2.52. The Balaban J connectivity index is 1.78. The van der Waals surface area contributed by atoms with Gasteiger partial charge in [-0.25, -0.2) is 0 Å². The van der Waals surface area contributed by atoms with Gasteiger partial charge in [-0.3, -0.25) is 4.90 Å². The molecule has 2 saturated heterocycles. The minimum Gasteiger partial charge on any atom is -0.314 e. The smallest absolute Gasteiger partial charge is 0.0114 e. The Labute approximate surface area is 111 Å². The molecule has 2 nitrogen and oxygen atoms in total. The normalized spacial score (nSPS) is 32.8. The molecule has 0 amide bonds. The van der Waals surface area contributed by atoms with Crippen LogP contribution in [0.5, 0.6) is 0 Å². The van der Waals surface area contributed by atoms with E-state index in [2.05, 4.69) is 35.8 Å². The van der Waals surface area contributed by atoms with Crippen molar-refractivity contribution in [2.24, 2.45) is 0 Å². The monoisotopic (exact) mass is 256 g/mol. The Morgan fingerprint density at radius 3 is 2.65 bits per heavy atom. The average molecular weight is 256 g/mol.